The number of ether oxygens (including phenoxy) is 1. The Morgan fingerprint density at radius 3 is 2.67 bits per heavy atom. The van der Waals surface area contributed by atoms with Gasteiger partial charge in [0.1, 0.15) is 11.4 Å². The first kappa shape index (κ1) is 17.7. The van der Waals surface area contributed by atoms with Crippen molar-refractivity contribution in [1.82, 2.24) is 15.5 Å². The van der Waals surface area contributed by atoms with Crippen LogP contribution in [0.1, 0.15) is 17.4 Å². The molecule has 1 amide bonds. The van der Waals surface area contributed by atoms with Gasteiger partial charge in [-0.3, -0.25) is 9.89 Å². The van der Waals surface area contributed by atoms with Crippen LogP contribution in [0.5, 0.6) is 5.75 Å². The molecule has 0 unspecified atom stereocenters. The van der Waals surface area contributed by atoms with Gasteiger partial charge in [0.05, 0.1) is 12.3 Å². The Morgan fingerprint density at radius 2 is 2.04 bits per heavy atom. The summed E-state index contributed by atoms with van der Waals surface area (Å²) in [5.41, 5.74) is 1.78. The number of benzene rings is 1. The lowest BCUT2D eigenvalue weighted by atomic mass is 10.1. The van der Waals surface area contributed by atoms with Gasteiger partial charge in [0.15, 0.2) is 9.84 Å². The molecule has 0 atom stereocenters. The molecule has 2 aromatic rings. The molecule has 0 aliphatic heterocycles. The number of H-pyrrole nitrogens is 1. The first-order valence-corrected chi connectivity index (χ1v) is 9.28. The summed E-state index contributed by atoms with van der Waals surface area (Å²) >= 11 is 0. The minimum atomic E-state index is -3.19. The SMILES string of the molecule is CCOc1ccc(-c2cc(C(=O)NC/C=C/S(C)(=O)=O)[nH]n2)cc1. The number of carbonyl (C=O) groups excluding carboxylic acids is 1. The van der Waals surface area contributed by atoms with Crippen LogP contribution in [0, 0.1) is 0 Å². The van der Waals surface area contributed by atoms with Crippen LogP contribution in [-0.4, -0.2) is 43.9 Å². The molecule has 0 saturated heterocycles. The zero-order valence-corrected chi connectivity index (χ0v) is 14.3. The molecule has 0 aliphatic carbocycles. The van der Waals surface area contributed by atoms with E-state index < -0.39 is 9.84 Å². The number of nitrogens with zero attached hydrogens (tertiary/aromatic N) is 1. The van der Waals surface area contributed by atoms with Crippen LogP contribution >= 0.6 is 0 Å². The normalized spacial score (nSPS) is 11.6. The number of rotatable bonds is 7. The lowest BCUT2D eigenvalue weighted by Crippen LogP contribution is -2.23. The lowest BCUT2D eigenvalue weighted by molar-refractivity contribution is 0.0953. The third kappa shape index (κ3) is 5.24. The highest BCUT2D eigenvalue weighted by molar-refractivity contribution is 7.93. The Balaban J connectivity index is 1.99. The van der Waals surface area contributed by atoms with E-state index in [9.17, 15) is 13.2 Å². The van der Waals surface area contributed by atoms with Crippen LogP contribution in [0.25, 0.3) is 11.3 Å². The largest absolute Gasteiger partial charge is 0.494 e. The molecule has 0 bridgehead atoms. The van der Waals surface area contributed by atoms with Gasteiger partial charge in [-0.1, -0.05) is 6.08 Å². The fourth-order valence-electron chi connectivity index (χ4n) is 1.94. The Hall–Kier alpha value is -2.61. The van der Waals surface area contributed by atoms with E-state index in [1.54, 1.807) is 6.07 Å². The zero-order valence-electron chi connectivity index (χ0n) is 13.4. The monoisotopic (exact) mass is 349 g/mol. The fraction of sp³-hybridized carbons (Fsp3) is 0.250. The summed E-state index contributed by atoms with van der Waals surface area (Å²) in [7, 11) is -3.19. The fourth-order valence-corrected chi connectivity index (χ4v) is 2.39. The van der Waals surface area contributed by atoms with Crippen molar-refractivity contribution in [2.24, 2.45) is 0 Å². The number of hydrogen-bond acceptors (Lipinski definition) is 5. The summed E-state index contributed by atoms with van der Waals surface area (Å²) in [4.78, 5) is 12.0. The van der Waals surface area contributed by atoms with Crippen molar-refractivity contribution in [3.8, 4) is 17.0 Å². The number of hydrogen-bond donors (Lipinski definition) is 2. The summed E-state index contributed by atoms with van der Waals surface area (Å²) in [5, 5.41) is 10.4. The molecule has 24 heavy (non-hydrogen) atoms. The van der Waals surface area contributed by atoms with Gasteiger partial charge in [0.2, 0.25) is 0 Å². The van der Waals surface area contributed by atoms with E-state index in [1.165, 1.54) is 6.08 Å². The second-order valence-electron chi connectivity index (χ2n) is 5.04. The first-order chi connectivity index (χ1) is 11.4. The van der Waals surface area contributed by atoms with Crippen LogP contribution in [-0.2, 0) is 9.84 Å². The van der Waals surface area contributed by atoms with Crippen molar-refractivity contribution in [1.29, 1.82) is 0 Å². The maximum absolute atomic E-state index is 12.0. The Labute approximate surface area is 140 Å². The van der Waals surface area contributed by atoms with E-state index in [0.717, 1.165) is 23.0 Å². The molecule has 7 nitrogen and oxygen atoms in total. The highest BCUT2D eigenvalue weighted by Crippen LogP contribution is 2.21. The number of sulfone groups is 1. The van der Waals surface area contributed by atoms with E-state index >= 15 is 0 Å². The molecule has 1 aromatic heterocycles. The van der Waals surface area contributed by atoms with Gasteiger partial charge in [-0.25, -0.2) is 8.42 Å². The minimum absolute atomic E-state index is 0.114. The molecule has 1 heterocycles. The number of nitrogens with one attached hydrogen (secondary N) is 2. The van der Waals surface area contributed by atoms with Crippen LogP contribution < -0.4 is 10.1 Å². The van der Waals surface area contributed by atoms with Crippen molar-refractivity contribution < 1.29 is 17.9 Å². The predicted molar refractivity (Wildman–Crippen MR) is 91.5 cm³/mol. The van der Waals surface area contributed by atoms with E-state index in [-0.39, 0.29) is 12.5 Å². The summed E-state index contributed by atoms with van der Waals surface area (Å²) in [6, 6.07) is 9.02. The van der Waals surface area contributed by atoms with Gasteiger partial charge >= 0.3 is 0 Å². The van der Waals surface area contributed by atoms with Crippen molar-refractivity contribution in [2.75, 3.05) is 19.4 Å². The quantitative estimate of drug-likeness (QED) is 0.793. The summed E-state index contributed by atoms with van der Waals surface area (Å²) in [5.74, 6) is 0.408. The van der Waals surface area contributed by atoms with Crippen LogP contribution in [0.2, 0.25) is 0 Å². The van der Waals surface area contributed by atoms with Gasteiger partial charge in [0.25, 0.3) is 5.91 Å². The number of amides is 1. The minimum Gasteiger partial charge on any atom is -0.494 e. The first-order valence-electron chi connectivity index (χ1n) is 7.32. The van der Waals surface area contributed by atoms with Gasteiger partial charge in [-0.15, -0.1) is 0 Å². The maximum atomic E-state index is 12.0. The average Bonchev–Trinajstić information content (AvgIpc) is 3.01. The van der Waals surface area contributed by atoms with Gasteiger partial charge in [-0.05, 0) is 37.3 Å². The predicted octanol–water partition coefficient (Wildman–Crippen LogP) is 1.76. The molecule has 128 valence electrons. The van der Waals surface area contributed by atoms with Crippen LogP contribution in [0.4, 0.5) is 0 Å². The molecular formula is C16H19N3O4S. The highest BCUT2D eigenvalue weighted by Gasteiger charge is 2.10. The summed E-state index contributed by atoms with van der Waals surface area (Å²) in [6.07, 6.45) is 2.46. The molecule has 2 N–H and O–H groups in total. The lowest BCUT2D eigenvalue weighted by Gasteiger charge is -2.02. The molecule has 0 fully saturated rings. The Bertz CT molecular complexity index is 823. The number of aromatic nitrogens is 2. The second kappa shape index (κ2) is 7.78. The van der Waals surface area contributed by atoms with Crippen LogP contribution in [0.3, 0.4) is 0 Å². The average molecular weight is 349 g/mol. The van der Waals surface area contributed by atoms with Crippen molar-refractivity contribution >= 4 is 15.7 Å². The third-order valence-electron chi connectivity index (χ3n) is 3.01. The van der Waals surface area contributed by atoms with Crippen molar-refractivity contribution in [3.05, 3.63) is 47.5 Å². The molecule has 0 spiro atoms. The van der Waals surface area contributed by atoms with Crippen molar-refractivity contribution in [3.63, 3.8) is 0 Å². The molecular weight excluding hydrogens is 330 g/mol. The smallest absolute Gasteiger partial charge is 0.269 e. The number of carbonyl (C=O) groups is 1. The van der Waals surface area contributed by atoms with Crippen LogP contribution in [0.15, 0.2) is 41.8 Å². The summed E-state index contributed by atoms with van der Waals surface area (Å²) < 4.78 is 27.3. The Morgan fingerprint density at radius 1 is 1.33 bits per heavy atom. The number of aromatic amines is 1. The highest BCUT2D eigenvalue weighted by atomic mass is 32.2. The van der Waals surface area contributed by atoms with Gasteiger partial charge in [-0.2, -0.15) is 5.10 Å². The molecule has 0 saturated carbocycles. The van der Waals surface area contributed by atoms with E-state index in [1.807, 2.05) is 31.2 Å². The second-order valence-corrected chi connectivity index (χ2v) is 6.97. The van der Waals surface area contributed by atoms with E-state index in [0.29, 0.717) is 18.0 Å². The summed E-state index contributed by atoms with van der Waals surface area (Å²) in [6.45, 7) is 2.63. The Kier molecular flexibility index (Phi) is 5.75. The van der Waals surface area contributed by atoms with E-state index in [2.05, 4.69) is 15.5 Å². The molecule has 0 radical (unpaired) electrons. The van der Waals surface area contributed by atoms with Gasteiger partial charge < -0.3 is 10.1 Å². The standard InChI is InChI=1S/C16H19N3O4S/c1-3-23-13-7-5-12(6-8-13)14-11-15(19-18-14)16(20)17-9-4-10-24(2,21)22/h4-8,10-11H,3,9H2,1-2H3,(H,17,20)(H,18,19)/b10-4+. The van der Waals surface area contributed by atoms with Gasteiger partial charge in [0, 0.05) is 23.8 Å². The topological polar surface area (TPSA) is 101 Å². The molecule has 0 aliphatic rings. The van der Waals surface area contributed by atoms with E-state index in [4.69, 9.17) is 4.74 Å². The maximum Gasteiger partial charge on any atom is 0.269 e. The zero-order chi connectivity index (χ0) is 17.6. The third-order valence-corrected chi connectivity index (χ3v) is 3.69. The molecule has 2 rings (SSSR count). The molecule has 8 heteroatoms. The van der Waals surface area contributed by atoms with Crippen molar-refractivity contribution in [2.45, 2.75) is 6.92 Å². The molecule has 1 aromatic carbocycles.